The molecule has 7 nitrogen and oxygen atoms in total. The first-order chi connectivity index (χ1) is 17.7. The molecule has 0 saturated heterocycles. The zero-order valence-corrected chi connectivity index (χ0v) is 25.1. The van der Waals surface area contributed by atoms with Crippen molar-refractivity contribution < 1.29 is 19.1 Å². The Balaban J connectivity index is 2.57. The van der Waals surface area contributed by atoms with E-state index < -0.39 is 29.3 Å². The van der Waals surface area contributed by atoms with Crippen LogP contribution in [0.4, 0.5) is 4.79 Å². The van der Waals surface area contributed by atoms with Crippen LogP contribution in [0.3, 0.4) is 0 Å². The fourth-order valence-corrected chi connectivity index (χ4v) is 5.07. The third kappa shape index (κ3) is 9.02. The van der Waals surface area contributed by atoms with Crippen LogP contribution in [0.15, 0.2) is 24.3 Å². The van der Waals surface area contributed by atoms with E-state index in [9.17, 15) is 14.4 Å². The maximum atomic E-state index is 14.5. The molecule has 1 aromatic rings. The molecular formula is C31H51N3O4. The number of aryl methyl sites for hydroxylation is 1. The number of hydrogen-bond acceptors (Lipinski definition) is 4. The Morgan fingerprint density at radius 1 is 1.03 bits per heavy atom. The molecule has 38 heavy (non-hydrogen) atoms. The van der Waals surface area contributed by atoms with E-state index in [0.717, 1.165) is 36.8 Å². The maximum absolute atomic E-state index is 14.5. The van der Waals surface area contributed by atoms with Crippen LogP contribution in [0.1, 0.15) is 118 Å². The third-order valence-electron chi connectivity index (χ3n) is 7.39. The van der Waals surface area contributed by atoms with E-state index in [1.54, 1.807) is 25.7 Å². The third-order valence-corrected chi connectivity index (χ3v) is 7.39. The number of ether oxygens (including phenoxy) is 1. The second-order valence-electron chi connectivity index (χ2n) is 12.8. The molecule has 2 rings (SSSR count). The Morgan fingerprint density at radius 2 is 1.63 bits per heavy atom. The topological polar surface area (TPSA) is 87.7 Å². The summed E-state index contributed by atoms with van der Waals surface area (Å²) in [6, 6.07) is 6.22. The minimum Gasteiger partial charge on any atom is -0.444 e. The SMILES string of the molecule is CCC(C)(C)N(C(=O)C(CC(C)C)NC(=O)OC(C)(C)C)C(C(=O)NC1CCCCC1)c1ccccc1C. The number of hydrogen-bond donors (Lipinski definition) is 2. The van der Waals surface area contributed by atoms with Crippen LogP contribution in [0.25, 0.3) is 0 Å². The number of nitrogens with one attached hydrogen (secondary N) is 2. The van der Waals surface area contributed by atoms with Crippen molar-refractivity contribution in [3.05, 3.63) is 35.4 Å². The van der Waals surface area contributed by atoms with E-state index in [2.05, 4.69) is 10.6 Å². The van der Waals surface area contributed by atoms with Crippen LogP contribution < -0.4 is 10.6 Å². The molecule has 1 aliphatic rings. The van der Waals surface area contributed by atoms with E-state index in [0.29, 0.717) is 12.8 Å². The summed E-state index contributed by atoms with van der Waals surface area (Å²) in [4.78, 5) is 43.1. The van der Waals surface area contributed by atoms with Gasteiger partial charge in [0.05, 0.1) is 0 Å². The lowest BCUT2D eigenvalue weighted by Gasteiger charge is -2.45. The molecule has 2 N–H and O–H groups in total. The highest BCUT2D eigenvalue weighted by atomic mass is 16.6. The lowest BCUT2D eigenvalue weighted by molar-refractivity contribution is -0.150. The standard InChI is InChI=1S/C31H51N3O4/c1-10-31(8,9)34(28(36)25(20-21(2)3)33-29(37)38-30(5,6)7)26(24-19-15-14-16-22(24)4)27(35)32-23-17-12-11-13-18-23/h14-16,19,21,23,25-26H,10-13,17-18,20H2,1-9H3,(H,32,35)(H,33,37). The van der Waals surface area contributed by atoms with Gasteiger partial charge in [-0.2, -0.15) is 0 Å². The average molecular weight is 530 g/mol. The summed E-state index contributed by atoms with van der Waals surface area (Å²) in [5.74, 6) is -0.302. The highest BCUT2D eigenvalue weighted by molar-refractivity contribution is 5.93. The van der Waals surface area contributed by atoms with Crippen molar-refractivity contribution >= 4 is 17.9 Å². The van der Waals surface area contributed by atoms with E-state index in [-0.39, 0.29) is 23.8 Å². The second-order valence-corrected chi connectivity index (χ2v) is 12.8. The van der Waals surface area contributed by atoms with Gasteiger partial charge in [0.25, 0.3) is 0 Å². The molecular weight excluding hydrogens is 478 g/mol. The summed E-state index contributed by atoms with van der Waals surface area (Å²) in [7, 11) is 0. The molecule has 0 spiro atoms. The van der Waals surface area contributed by atoms with Crippen molar-refractivity contribution in [1.29, 1.82) is 0 Å². The predicted molar refractivity (Wildman–Crippen MR) is 153 cm³/mol. The van der Waals surface area contributed by atoms with Crippen molar-refractivity contribution in [2.45, 2.75) is 137 Å². The molecule has 214 valence electrons. The van der Waals surface area contributed by atoms with Gasteiger partial charge in [-0.3, -0.25) is 9.59 Å². The predicted octanol–water partition coefficient (Wildman–Crippen LogP) is 6.44. The monoisotopic (exact) mass is 529 g/mol. The highest BCUT2D eigenvalue weighted by Gasteiger charge is 2.44. The van der Waals surface area contributed by atoms with Crippen molar-refractivity contribution in [3.8, 4) is 0 Å². The number of nitrogens with zero attached hydrogens (tertiary/aromatic N) is 1. The molecule has 3 amide bonds. The Kier molecular flexibility index (Phi) is 11.2. The van der Waals surface area contributed by atoms with Crippen molar-refractivity contribution in [2.75, 3.05) is 0 Å². The zero-order chi connectivity index (χ0) is 28.7. The van der Waals surface area contributed by atoms with Gasteiger partial charge in [0.1, 0.15) is 17.7 Å². The van der Waals surface area contributed by atoms with Gasteiger partial charge in [0.2, 0.25) is 11.8 Å². The van der Waals surface area contributed by atoms with Crippen molar-refractivity contribution in [3.63, 3.8) is 0 Å². The van der Waals surface area contributed by atoms with E-state index in [1.165, 1.54) is 6.42 Å². The fraction of sp³-hybridized carbons (Fsp3) is 0.710. The zero-order valence-electron chi connectivity index (χ0n) is 25.1. The molecule has 2 atom stereocenters. The van der Waals surface area contributed by atoms with E-state index in [1.807, 2.05) is 65.8 Å². The first-order valence-corrected chi connectivity index (χ1v) is 14.3. The lowest BCUT2D eigenvalue weighted by atomic mass is 9.89. The number of amides is 3. The van der Waals surface area contributed by atoms with Gasteiger partial charge in [-0.05, 0) is 84.3 Å². The Hall–Kier alpha value is -2.57. The van der Waals surface area contributed by atoms with Gasteiger partial charge in [-0.25, -0.2) is 4.79 Å². The van der Waals surface area contributed by atoms with Crippen LogP contribution in [0, 0.1) is 12.8 Å². The van der Waals surface area contributed by atoms with Gasteiger partial charge in [0.15, 0.2) is 0 Å². The summed E-state index contributed by atoms with van der Waals surface area (Å²) in [5, 5.41) is 6.12. The first kappa shape index (κ1) is 31.6. The molecule has 1 aliphatic carbocycles. The maximum Gasteiger partial charge on any atom is 0.408 e. The van der Waals surface area contributed by atoms with Crippen LogP contribution in [-0.4, -0.2) is 46.0 Å². The lowest BCUT2D eigenvalue weighted by Crippen LogP contribution is -2.60. The van der Waals surface area contributed by atoms with E-state index in [4.69, 9.17) is 4.74 Å². The molecule has 1 saturated carbocycles. The summed E-state index contributed by atoms with van der Waals surface area (Å²) in [6.07, 6.45) is 5.72. The van der Waals surface area contributed by atoms with Gasteiger partial charge < -0.3 is 20.3 Å². The number of benzene rings is 1. The molecule has 0 radical (unpaired) electrons. The molecule has 0 heterocycles. The van der Waals surface area contributed by atoms with Crippen LogP contribution in [-0.2, 0) is 14.3 Å². The Labute approximate surface area is 230 Å². The molecule has 0 aliphatic heterocycles. The molecule has 0 aromatic heterocycles. The van der Waals surface area contributed by atoms with E-state index >= 15 is 0 Å². The normalized spacial score (nSPS) is 16.5. The van der Waals surface area contributed by atoms with Crippen LogP contribution in [0.5, 0.6) is 0 Å². The number of alkyl carbamates (subject to hydrolysis) is 1. The minimum absolute atomic E-state index is 0.107. The summed E-state index contributed by atoms with van der Waals surface area (Å²) < 4.78 is 5.50. The number of carbonyl (C=O) groups is 3. The van der Waals surface area contributed by atoms with Crippen LogP contribution in [0.2, 0.25) is 0 Å². The molecule has 1 aromatic carbocycles. The first-order valence-electron chi connectivity index (χ1n) is 14.3. The highest BCUT2D eigenvalue weighted by Crippen LogP contribution is 2.34. The Bertz CT molecular complexity index is 945. The number of carbonyl (C=O) groups excluding carboxylic acids is 3. The second kappa shape index (κ2) is 13.5. The molecule has 0 bridgehead atoms. The largest absolute Gasteiger partial charge is 0.444 e. The van der Waals surface area contributed by atoms with Gasteiger partial charge in [0, 0.05) is 11.6 Å². The van der Waals surface area contributed by atoms with Crippen LogP contribution >= 0.6 is 0 Å². The van der Waals surface area contributed by atoms with Gasteiger partial charge in [-0.1, -0.05) is 64.3 Å². The summed E-state index contributed by atoms with van der Waals surface area (Å²) in [5.41, 5.74) is 0.401. The number of rotatable bonds is 10. The molecule has 2 unspecified atom stereocenters. The average Bonchev–Trinajstić information content (AvgIpc) is 2.81. The smallest absolute Gasteiger partial charge is 0.408 e. The van der Waals surface area contributed by atoms with Gasteiger partial charge >= 0.3 is 6.09 Å². The Morgan fingerprint density at radius 3 is 2.16 bits per heavy atom. The van der Waals surface area contributed by atoms with Crippen molar-refractivity contribution in [2.24, 2.45) is 5.92 Å². The molecule has 1 fully saturated rings. The molecule has 7 heteroatoms. The van der Waals surface area contributed by atoms with Crippen molar-refractivity contribution in [1.82, 2.24) is 15.5 Å². The summed E-state index contributed by atoms with van der Waals surface area (Å²) in [6.45, 7) is 17.4. The minimum atomic E-state index is -0.829. The quantitative estimate of drug-likeness (QED) is 0.365. The summed E-state index contributed by atoms with van der Waals surface area (Å²) >= 11 is 0. The fourth-order valence-electron chi connectivity index (χ4n) is 5.07. The van der Waals surface area contributed by atoms with Gasteiger partial charge in [-0.15, -0.1) is 0 Å².